The average molecular weight is 444 g/mol. The maximum absolute atomic E-state index is 13.0. The first kappa shape index (κ1) is 22.4. The lowest BCUT2D eigenvalue weighted by atomic mass is 9.98. The number of hydrogen-bond donors (Lipinski definition) is 1. The molecule has 0 radical (unpaired) electrons. The lowest BCUT2D eigenvalue weighted by Crippen LogP contribution is -2.26. The van der Waals surface area contributed by atoms with Gasteiger partial charge in [0.2, 0.25) is 5.82 Å². The zero-order valence-electron chi connectivity index (χ0n) is 18.9. The number of tetrazole rings is 1. The Morgan fingerprint density at radius 2 is 1.85 bits per heavy atom. The number of aromatic amines is 1. The zero-order valence-corrected chi connectivity index (χ0v) is 18.9. The van der Waals surface area contributed by atoms with E-state index in [0.717, 1.165) is 60.2 Å². The monoisotopic (exact) mass is 443 g/mol. The summed E-state index contributed by atoms with van der Waals surface area (Å²) in [6.07, 6.45) is 6.63. The first-order chi connectivity index (χ1) is 16.2. The van der Waals surface area contributed by atoms with Crippen molar-refractivity contribution in [1.82, 2.24) is 35.0 Å². The largest absolute Gasteiger partial charge is 0.346 e. The van der Waals surface area contributed by atoms with Gasteiger partial charge in [-0.1, -0.05) is 74.4 Å². The first-order valence-electron chi connectivity index (χ1n) is 11.4. The Kier molecular flexibility index (Phi) is 7.24. The fraction of sp³-hybridized carbons (Fsp3) is 0.320. The van der Waals surface area contributed by atoms with Crippen molar-refractivity contribution in [3.63, 3.8) is 0 Å². The van der Waals surface area contributed by atoms with Crippen LogP contribution in [0, 0.1) is 0 Å². The molecule has 170 valence electrons. The van der Waals surface area contributed by atoms with Crippen LogP contribution in [0.1, 0.15) is 44.0 Å². The molecule has 0 atom stereocenters. The molecule has 0 aliphatic rings. The third-order valence-electron chi connectivity index (χ3n) is 5.67. The van der Waals surface area contributed by atoms with Gasteiger partial charge in [-0.25, -0.2) is 9.48 Å². The van der Waals surface area contributed by atoms with E-state index in [4.69, 9.17) is 0 Å². The topological polar surface area (TPSA) is 94.3 Å². The van der Waals surface area contributed by atoms with Crippen molar-refractivity contribution in [2.75, 3.05) is 0 Å². The Hall–Kier alpha value is -3.81. The van der Waals surface area contributed by atoms with Gasteiger partial charge in [0.25, 0.3) is 0 Å². The molecule has 2 aromatic heterocycles. The van der Waals surface area contributed by atoms with Crippen molar-refractivity contribution < 1.29 is 0 Å². The van der Waals surface area contributed by atoms with Crippen LogP contribution in [0.2, 0.25) is 0 Å². The molecule has 0 aliphatic carbocycles. The maximum atomic E-state index is 13.0. The van der Waals surface area contributed by atoms with Gasteiger partial charge in [0.15, 0.2) is 0 Å². The van der Waals surface area contributed by atoms with E-state index < -0.39 is 0 Å². The highest BCUT2D eigenvalue weighted by atomic mass is 16.2. The van der Waals surface area contributed by atoms with Gasteiger partial charge in [-0.15, -0.1) is 16.8 Å². The van der Waals surface area contributed by atoms with Crippen LogP contribution in [0.5, 0.6) is 0 Å². The highest BCUT2D eigenvalue weighted by Gasteiger charge is 2.14. The molecule has 2 aromatic carbocycles. The average Bonchev–Trinajstić information content (AvgIpc) is 3.48. The number of rotatable bonds is 11. The minimum atomic E-state index is -0.0603. The van der Waals surface area contributed by atoms with Crippen LogP contribution in [-0.2, 0) is 19.5 Å². The third kappa shape index (κ3) is 5.16. The number of nitrogens with one attached hydrogen (secondary N) is 1. The molecule has 0 fully saturated rings. The summed E-state index contributed by atoms with van der Waals surface area (Å²) in [6, 6.07) is 16.2. The van der Waals surface area contributed by atoms with Crippen LogP contribution >= 0.6 is 0 Å². The Balaban J connectivity index is 1.59. The number of benzene rings is 2. The summed E-state index contributed by atoms with van der Waals surface area (Å²) in [7, 11) is 0. The van der Waals surface area contributed by atoms with Crippen LogP contribution in [-0.4, -0.2) is 35.0 Å². The molecule has 1 N–H and O–H groups in total. The molecule has 0 aliphatic heterocycles. The molecule has 0 amide bonds. The van der Waals surface area contributed by atoms with Crippen molar-refractivity contribution in [2.45, 2.75) is 52.1 Å². The van der Waals surface area contributed by atoms with Gasteiger partial charge in [-0.2, -0.15) is 10.3 Å². The smallest absolute Gasteiger partial charge is 0.274 e. The van der Waals surface area contributed by atoms with Crippen LogP contribution in [0.25, 0.3) is 22.5 Å². The fourth-order valence-corrected chi connectivity index (χ4v) is 3.90. The van der Waals surface area contributed by atoms with Gasteiger partial charge in [-0.05, 0) is 34.7 Å². The van der Waals surface area contributed by atoms with Gasteiger partial charge in [-0.3, -0.25) is 4.57 Å². The zero-order chi connectivity index (χ0) is 23.0. The lowest BCUT2D eigenvalue weighted by Gasteiger charge is -2.09. The van der Waals surface area contributed by atoms with Crippen molar-refractivity contribution in [2.24, 2.45) is 0 Å². The van der Waals surface area contributed by atoms with Crippen LogP contribution < -0.4 is 5.69 Å². The maximum Gasteiger partial charge on any atom is 0.346 e. The Bertz CT molecular complexity index is 1240. The van der Waals surface area contributed by atoms with E-state index in [9.17, 15) is 4.79 Å². The number of unbranched alkanes of at least 4 members (excludes halogenated alkanes) is 2. The van der Waals surface area contributed by atoms with E-state index in [0.29, 0.717) is 18.9 Å². The molecule has 0 spiro atoms. The predicted octanol–water partition coefficient (Wildman–Crippen LogP) is 4.25. The minimum absolute atomic E-state index is 0.0603. The Labute approximate surface area is 193 Å². The number of H-pyrrole nitrogens is 1. The number of aryl methyl sites for hydroxylation is 2. The Morgan fingerprint density at radius 1 is 1.06 bits per heavy atom. The van der Waals surface area contributed by atoms with E-state index >= 15 is 0 Å². The molecular weight excluding hydrogens is 414 g/mol. The first-order valence-corrected chi connectivity index (χ1v) is 11.4. The molecule has 0 unspecified atom stereocenters. The van der Waals surface area contributed by atoms with Crippen LogP contribution in [0.15, 0.2) is 66.0 Å². The molecule has 33 heavy (non-hydrogen) atoms. The van der Waals surface area contributed by atoms with Gasteiger partial charge < -0.3 is 0 Å². The highest BCUT2D eigenvalue weighted by molar-refractivity contribution is 5.80. The Morgan fingerprint density at radius 3 is 2.55 bits per heavy atom. The molecule has 4 rings (SSSR count). The molecule has 0 bridgehead atoms. The molecule has 8 nitrogen and oxygen atoms in total. The van der Waals surface area contributed by atoms with Gasteiger partial charge >= 0.3 is 5.69 Å². The van der Waals surface area contributed by atoms with E-state index in [1.165, 1.54) is 0 Å². The minimum Gasteiger partial charge on any atom is -0.274 e. The summed E-state index contributed by atoms with van der Waals surface area (Å²) in [5.41, 5.74) is 3.99. The van der Waals surface area contributed by atoms with E-state index in [2.05, 4.69) is 63.5 Å². The second kappa shape index (κ2) is 10.7. The van der Waals surface area contributed by atoms with Gasteiger partial charge in [0.1, 0.15) is 5.82 Å². The summed E-state index contributed by atoms with van der Waals surface area (Å²) in [6.45, 7) is 6.99. The molecule has 0 saturated carbocycles. The lowest BCUT2D eigenvalue weighted by molar-refractivity contribution is 0.585. The summed E-state index contributed by atoms with van der Waals surface area (Å²) >= 11 is 0. The normalized spacial score (nSPS) is 11.1. The van der Waals surface area contributed by atoms with Gasteiger partial charge in [0.05, 0.1) is 6.54 Å². The number of allylic oxidation sites excluding steroid dienone is 1. The number of nitrogens with zero attached hydrogens (tertiary/aromatic N) is 6. The molecule has 4 aromatic rings. The van der Waals surface area contributed by atoms with E-state index in [1.54, 1.807) is 9.25 Å². The standard InChI is InChI=1S/C25H29N7O/c1-3-5-7-12-23-28-32(17-6-4-2)25(33)31(23)18-19-13-15-20(16-14-19)21-10-8-9-11-22(21)24-26-29-30-27-24/h4,8-11,13-16H,2-3,5-7,12,17-18H2,1H3,(H,26,27,29,30). The number of aromatic nitrogens is 7. The summed E-state index contributed by atoms with van der Waals surface area (Å²) in [5.74, 6) is 1.41. The second-order valence-electron chi connectivity index (χ2n) is 8.02. The SMILES string of the molecule is C=CCCn1nc(CCCCC)n(Cc2ccc(-c3ccccc3-c3nn[nH]n3)cc2)c1=O. The highest BCUT2D eigenvalue weighted by Crippen LogP contribution is 2.29. The van der Waals surface area contributed by atoms with E-state index in [1.807, 2.05) is 30.3 Å². The van der Waals surface area contributed by atoms with Crippen molar-refractivity contribution in [3.05, 3.63) is 83.1 Å². The van der Waals surface area contributed by atoms with Gasteiger partial charge in [0, 0.05) is 18.5 Å². The summed E-state index contributed by atoms with van der Waals surface area (Å²) in [4.78, 5) is 13.0. The predicted molar refractivity (Wildman–Crippen MR) is 129 cm³/mol. The van der Waals surface area contributed by atoms with Crippen molar-refractivity contribution in [1.29, 1.82) is 0 Å². The molecule has 2 heterocycles. The summed E-state index contributed by atoms with van der Waals surface area (Å²) in [5, 5.41) is 19.0. The number of hydrogen-bond acceptors (Lipinski definition) is 5. The molecular formula is C25H29N7O. The van der Waals surface area contributed by atoms with E-state index in [-0.39, 0.29) is 5.69 Å². The quantitative estimate of drug-likeness (QED) is 0.276. The van der Waals surface area contributed by atoms with Crippen LogP contribution in [0.3, 0.4) is 0 Å². The fourth-order valence-electron chi connectivity index (χ4n) is 3.90. The van der Waals surface area contributed by atoms with Crippen molar-refractivity contribution >= 4 is 0 Å². The second-order valence-corrected chi connectivity index (χ2v) is 8.02. The summed E-state index contributed by atoms with van der Waals surface area (Å²) < 4.78 is 3.37. The molecule has 0 saturated heterocycles. The van der Waals surface area contributed by atoms with Crippen molar-refractivity contribution in [3.8, 4) is 22.5 Å². The third-order valence-corrected chi connectivity index (χ3v) is 5.67. The van der Waals surface area contributed by atoms with Crippen LogP contribution in [0.4, 0.5) is 0 Å². The molecule has 8 heteroatoms.